The Morgan fingerprint density at radius 1 is 1.59 bits per heavy atom. The van der Waals surface area contributed by atoms with E-state index in [4.69, 9.17) is 6.42 Å². The molecule has 4 heteroatoms. The highest BCUT2D eigenvalue weighted by Crippen LogP contribution is 2.35. The molecule has 86 valence electrons. The summed E-state index contributed by atoms with van der Waals surface area (Å²) in [5.74, 6) is 2.88. The highest BCUT2D eigenvalue weighted by atomic mass is 32.2. The molecule has 0 aromatic heterocycles. The zero-order valence-electron chi connectivity index (χ0n) is 9.40. The fourth-order valence-corrected chi connectivity index (χ4v) is 2.66. The number of amides is 1. The molecule has 0 unspecified atom stereocenters. The lowest BCUT2D eigenvalue weighted by atomic mass is 10.1. The molecule has 3 nitrogen and oxygen atoms in total. The first kappa shape index (κ1) is 11.7. The number of rotatable bonds is 2. The van der Waals surface area contributed by atoms with Gasteiger partial charge in [0.15, 0.2) is 5.78 Å². The molecule has 0 bridgehead atoms. The third-order valence-corrected chi connectivity index (χ3v) is 3.59. The number of carbonyl (C=O) groups excluding carboxylic acids is 2. The van der Waals surface area contributed by atoms with Crippen LogP contribution in [0.5, 0.6) is 0 Å². The van der Waals surface area contributed by atoms with Gasteiger partial charge >= 0.3 is 0 Å². The number of nitrogens with zero attached hydrogens (tertiary/aromatic N) is 1. The number of terminal acetylenes is 1. The summed E-state index contributed by atoms with van der Waals surface area (Å²) in [6.45, 7) is 1.80. The van der Waals surface area contributed by atoms with Crippen molar-refractivity contribution in [2.75, 3.05) is 17.2 Å². The van der Waals surface area contributed by atoms with Crippen LogP contribution in [0.3, 0.4) is 0 Å². The van der Waals surface area contributed by atoms with E-state index >= 15 is 0 Å². The second-order valence-electron chi connectivity index (χ2n) is 3.71. The van der Waals surface area contributed by atoms with Gasteiger partial charge in [-0.1, -0.05) is 5.92 Å². The molecule has 1 aliphatic heterocycles. The van der Waals surface area contributed by atoms with Crippen LogP contribution in [0.15, 0.2) is 23.1 Å². The molecule has 1 heterocycles. The molecule has 0 saturated heterocycles. The van der Waals surface area contributed by atoms with Crippen molar-refractivity contribution in [3.63, 3.8) is 0 Å². The molecule has 1 aromatic rings. The maximum Gasteiger partial charge on any atom is 0.238 e. The molecule has 2 rings (SSSR count). The Balaban J connectivity index is 2.44. The van der Waals surface area contributed by atoms with Crippen molar-refractivity contribution in [2.24, 2.45) is 0 Å². The number of hydrogen-bond donors (Lipinski definition) is 0. The normalized spacial score (nSPS) is 14.1. The van der Waals surface area contributed by atoms with Gasteiger partial charge in [-0.25, -0.2) is 0 Å². The first-order valence-electron chi connectivity index (χ1n) is 5.15. The van der Waals surface area contributed by atoms with E-state index in [0.29, 0.717) is 11.3 Å². The third-order valence-electron chi connectivity index (χ3n) is 2.56. The van der Waals surface area contributed by atoms with Gasteiger partial charge in [0, 0.05) is 10.5 Å². The fourth-order valence-electron chi connectivity index (χ4n) is 1.69. The molecule has 0 spiro atoms. The maximum atomic E-state index is 11.7. The van der Waals surface area contributed by atoms with Crippen molar-refractivity contribution in [1.82, 2.24) is 0 Å². The molecule has 0 atom stereocenters. The minimum Gasteiger partial charge on any atom is -0.299 e. The van der Waals surface area contributed by atoms with E-state index in [-0.39, 0.29) is 18.2 Å². The van der Waals surface area contributed by atoms with Crippen LogP contribution in [-0.4, -0.2) is 24.0 Å². The van der Waals surface area contributed by atoms with Crippen LogP contribution in [0.25, 0.3) is 0 Å². The van der Waals surface area contributed by atoms with E-state index < -0.39 is 0 Å². The smallest absolute Gasteiger partial charge is 0.238 e. The Labute approximate surface area is 104 Å². The molecular formula is C13H11NO2S. The van der Waals surface area contributed by atoms with Crippen LogP contribution in [0, 0.1) is 12.3 Å². The molecule has 0 saturated carbocycles. The number of benzene rings is 1. The number of Topliss-reactive ketones (excluding diaryl/α,β-unsaturated/α-hetero) is 1. The molecule has 1 amide bonds. The number of ketones is 1. The highest BCUT2D eigenvalue weighted by molar-refractivity contribution is 8.00. The van der Waals surface area contributed by atoms with Crippen LogP contribution < -0.4 is 4.90 Å². The zero-order chi connectivity index (χ0) is 12.4. The van der Waals surface area contributed by atoms with Crippen LogP contribution >= 0.6 is 11.8 Å². The standard InChI is InChI=1S/C13H11NO2S/c1-3-6-14-11-5-4-10(9(2)15)7-12(11)17-8-13(14)16/h1,4-5,7H,6,8H2,2H3. The predicted molar refractivity (Wildman–Crippen MR) is 68.4 cm³/mol. The first-order chi connectivity index (χ1) is 8.13. The topological polar surface area (TPSA) is 37.4 Å². The fraction of sp³-hybridized carbons (Fsp3) is 0.231. The van der Waals surface area contributed by atoms with Crippen LogP contribution in [0.4, 0.5) is 5.69 Å². The minimum atomic E-state index is 0.0102. The van der Waals surface area contributed by atoms with Crippen molar-refractivity contribution in [3.8, 4) is 12.3 Å². The van der Waals surface area contributed by atoms with Gasteiger partial charge < -0.3 is 0 Å². The van der Waals surface area contributed by atoms with Gasteiger partial charge in [0.2, 0.25) is 5.91 Å². The summed E-state index contributed by atoms with van der Waals surface area (Å²) in [4.78, 5) is 25.5. The Hall–Kier alpha value is -1.73. The van der Waals surface area contributed by atoms with Crippen molar-refractivity contribution in [2.45, 2.75) is 11.8 Å². The van der Waals surface area contributed by atoms with Crippen LogP contribution in [0.1, 0.15) is 17.3 Å². The van der Waals surface area contributed by atoms with Gasteiger partial charge in [-0.3, -0.25) is 14.5 Å². The summed E-state index contributed by atoms with van der Waals surface area (Å²) in [6.07, 6.45) is 5.25. The van der Waals surface area contributed by atoms with Crippen LogP contribution in [-0.2, 0) is 4.79 Å². The van der Waals surface area contributed by atoms with Gasteiger partial charge in [-0.15, -0.1) is 18.2 Å². The summed E-state index contributed by atoms with van der Waals surface area (Å²) in [6, 6.07) is 5.33. The van der Waals surface area contributed by atoms with Gasteiger partial charge in [0.1, 0.15) is 0 Å². The minimum absolute atomic E-state index is 0.0102. The lowest BCUT2D eigenvalue weighted by Gasteiger charge is -2.27. The van der Waals surface area contributed by atoms with Crippen molar-refractivity contribution in [1.29, 1.82) is 0 Å². The van der Waals surface area contributed by atoms with E-state index in [0.717, 1.165) is 10.6 Å². The predicted octanol–water partition coefficient (Wildman–Crippen LogP) is 1.96. The summed E-state index contributed by atoms with van der Waals surface area (Å²) >= 11 is 1.45. The van der Waals surface area contributed by atoms with Crippen molar-refractivity contribution >= 4 is 29.1 Å². The van der Waals surface area contributed by atoms with E-state index in [9.17, 15) is 9.59 Å². The second-order valence-corrected chi connectivity index (χ2v) is 4.73. The average Bonchev–Trinajstić information content (AvgIpc) is 2.32. The third kappa shape index (κ3) is 2.20. The second kappa shape index (κ2) is 4.64. The molecule has 1 aromatic carbocycles. The Morgan fingerprint density at radius 2 is 2.35 bits per heavy atom. The first-order valence-corrected chi connectivity index (χ1v) is 6.13. The molecule has 0 radical (unpaired) electrons. The van der Waals surface area contributed by atoms with Gasteiger partial charge in [-0.2, -0.15) is 0 Å². The van der Waals surface area contributed by atoms with Crippen molar-refractivity contribution < 1.29 is 9.59 Å². The van der Waals surface area contributed by atoms with Crippen molar-refractivity contribution in [3.05, 3.63) is 23.8 Å². The number of thioether (sulfide) groups is 1. The molecule has 17 heavy (non-hydrogen) atoms. The van der Waals surface area contributed by atoms with E-state index in [1.54, 1.807) is 17.0 Å². The summed E-state index contributed by atoms with van der Waals surface area (Å²) in [7, 11) is 0. The summed E-state index contributed by atoms with van der Waals surface area (Å²) in [5.41, 5.74) is 1.46. The van der Waals surface area contributed by atoms with E-state index in [1.807, 2.05) is 6.07 Å². The maximum absolute atomic E-state index is 11.7. The van der Waals surface area contributed by atoms with Gasteiger partial charge in [0.25, 0.3) is 0 Å². The highest BCUT2D eigenvalue weighted by Gasteiger charge is 2.24. The Morgan fingerprint density at radius 3 is 3.00 bits per heavy atom. The summed E-state index contributed by atoms with van der Waals surface area (Å²) < 4.78 is 0. The lowest BCUT2D eigenvalue weighted by molar-refractivity contribution is -0.116. The quantitative estimate of drug-likeness (QED) is 0.590. The molecule has 0 N–H and O–H groups in total. The Kier molecular flexibility index (Phi) is 3.21. The van der Waals surface area contributed by atoms with Gasteiger partial charge in [0.05, 0.1) is 18.0 Å². The average molecular weight is 245 g/mol. The van der Waals surface area contributed by atoms with E-state index in [2.05, 4.69) is 5.92 Å². The molecule has 1 aliphatic rings. The van der Waals surface area contributed by atoms with Crippen LogP contribution in [0.2, 0.25) is 0 Å². The summed E-state index contributed by atoms with van der Waals surface area (Å²) in [5, 5.41) is 0. The number of carbonyl (C=O) groups is 2. The SMILES string of the molecule is C#CCN1C(=O)CSc2cc(C(C)=O)ccc21. The molecular weight excluding hydrogens is 234 g/mol. The molecule has 0 aliphatic carbocycles. The lowest BCUT2D eigenvalue weighted by Crippen LogP contribution is -2.35. The monoisotopic (exact) mass is 245 g/mol. The largest absolute Gasteiger partial charge is 0.299 e. The molecule has 0 fully saturated rings. The Bertz CT molecular complexity index is 531. The number of fused-ring (bicyclic) bond motifs is 1. The number of anilines is 1. The van der Waals surface area contributed by atoms with Gasteiger partial charge in [-0.05, 0) is 25.1 Å². The number of hydrogen-bond acceptors (Lipinski definition) is 3. The zero-order valence-corrected chi connectivity index (χ0v) is 10.2. The van der Waals surface area contributed by atoms with E-state index in [1.165, 1.54) is 18.7 Å².